The van der Waals surface area contributed by atoms with Crippen LogP contribution in [0.3, 0.4) is 0 Å². The maximum Gasteiger partial charge on any atom is 0.254 e. The zero-order valence-electron chi connectivity index (χ0n) is 11.8. The number of amides is 1. The number of carbonyl (C=O) groups excluding carboxylic acids is 1. The van der Waals surface area contributed by atoms with Crippen molar-refractivity contribution in [2.24, 2.45) is 5.73 Å². The Morgan fingerprint density at radius 2 is 2.15 bits per heavy atom. The molecular formula is C15H21FN2O2. The molecule has 1 fully saturated rings. The molecule has 0 aliphatic heterocycles. The van der Waals surface area contributed by atoms with Gasteiger partial charge in [0.15, 0.2) is 11.6 Å². The third-order valence-corrected chi connectivity index (χ3v) is 3.80. The fraction of sp³-hybridized carbons (Fsp3) is 0.533. The molecule has 5 heteroatoms. The minimum Gasteiger partial charge on any atom is -0.494 e. The largest absolute Gasteiger partial charge is 0.494 e. The molecule has 1 aliphatic rings. The highest BCUT2D eigenvalue weighted by molar-refractivity contribution is 5.94. The minimum atomic E-state index is -0.516. The first-order valence-corrected chi connectivity index (χ1v) is 7.02. The summed E-state index contributed by atoms with van der Waals surface area (Å²) in [4.78, 5) is 14.3. The van der Waals surface area contributed by atoms with Crippen LogP contribution in [0.1, 0.15) is 36.0 Å². The molecule has 0 aromatic heterocycles. The number of halogens is 1. The second-order valence-corrected chi connectivity index (χ2v) is 5.07. The van der Waals surface area contributed by atoms with Gasteiger partial charge in [0.1, 0.15) is 0 Å². The summed E-state index contributed by atoms with van der Waals surface area (Å²) in [6.07, 6.45) is 4.28. The molecule has 2 rings (SSSR count). The monoisotopic (exact) mass is 280 g/mol. The van der Waals surface area contributed by atoms with Crippen molar-refractivity contribution in [2.75, 3.05) is 20.2 Å². The van der Waals surface area contributed by atoms with Crippen molar-refractivity contribution in [1.82, 2.24) is 4.90 Å². The Morgan fingerprint density at radius 1 is 1.45 bits per heavy atom. The molecule has 1 amide bonds. The average molecular weight is 280 g/mol. The van der Waals surface area contributed by atoms with Crippen molar-refractivity contribution in [3.05, 3.63) is 29.6 Å². The van der Waals surface area contributed by atoms with Gasteiger partial charge >= 0.3 is 0 Å². The van der Waals surface area contributed by atoms with Gasteiger partial charge in [0.2, 0.25) is 0 Å². The van der Waals surface area contributed by atoms with Crippen LogP contribution >= 0.6 is 0 Å². The van der Waals surface area contributed by atoms with E-state index >= 15 is 0 Å². The molecule has 110 valence electrons. The van der Waals surface area contributed by atoms with Crippen LogP contribution in [0.25, 0.3) is 0 Å². The molecule has 0 bridgehead atoms. The third kappa shape index (κ3) is 3.10. The predicted octanol–water partition coefficient (Wildman–Crippen LogP) is 2.18. The van der Waals surface area contributed by atoms with Crippen LogP contribution in [-0.4, -0.2) is 37.0 Å². The van der Waals surface area contributed by atoms with E-state index in [1.165, 1.54) is 19.2 Å². The molecular weight excluding hydrogens is 259 g/mol. The number of carbonyl (C=O) groups is 1. The van der Waals surface area contributed by atoms with E-state index in [4.69, 9.17) is 10.5 Å². The van der Waals surface area contributed by atoms with Gasteiger partial charge in [0.25, 0.3) is 5.91 Å². The Labute approximate surface area is 118 Å². The van der Waals surface area contributed by atoms with Gasteiger partial charge < -0.3 is 15.4 Å². The van der Waals surface area contributed by atoms with Crippen LogP contribution < -0.4 is 10.5 Å². The number of rotatable bonds is 5. The predicted molar refractivity (Wildman–Crippen MR) is 75.3 cm³/mol. The molecule has 1 aliphatic carbocycles. The number of benzene rings is 1. The Bertz CT molecular complexity index is 473. The fourth-order valence-corrected chi connectivity index (χ4v) is 2.77. The van der Waals surface area contributed by atoms with E-state index in [-0.39, 0.29) is 17.7 Å². The van der Waals surface area contributed by atoms with Gasteiger partial charge in [-0.05, 0) is 31.0 Å². The van der Waals surface area contributed by atoms with Gasteiger partial charge in [0, 0.05) is 24.7 Å². The summed E-state index contributed by atoms with van der Waals surface area (Å²) >= 11 is 0. The molecule has 1 saturated carbocycles. The number of nitrogens with two attached hydrogens (primary N) is 1. The highest BCUT2D eigenvalue weighted by atomic mass is 19.1. The van der Waals surface area contributed by atoms with Gasteiger partial charge in [-0.3, -0.25) is 4.79 Å². The van der Waals surface area contributed by atoms with Crippen molar-refractivity contribution in [1.29, 1.82) is 0 Å². The van der Waals surface area contributed by atoms with Gasteiger partial charge in [-0.1, -0.05) is 12.8 Å². The summed E-state index contributed by atoms with van der Waals surface area (Å²) < 4.78 is 18.6. The summed E-state index contributed by atoms with van der Waals surface area (Å²) in [6, 6.07) is 4.55. The van der Waals surface area contributed by atoms with Gasteiger partial charge in [0.05, 0.1) is 7.11 Å². The Morgan fingerprint density at radius 3 is 2.70 bits per heavy atom. The maximum atomic E-state index is 13.7. The summed E-state index contributed by atoms with van der Waals surface area (Å²) in [6.45, 7) is 0.929. The zero-order valence-corrected chi connectivity index (χ0v) is 11.8. The lowest BCUT2D eigenvalue weighted by atomic mass is 10.1. The van der Waals surface area contributed by atoms with Crippen LogP contribution in [0.2, 0.25) is 0 Å². The van der Waals surface area contributed by atoms with Crippen LogP contribution in [-0.2, 0) is 0 Å². The highest BCUT2D eigenvalue weighted by Gasteiger charge is 2.27. The second-order valence-electron chi connectivity index (χ2n) is 5.07. The summed E-state index contributed by atoms with van der Waals surface area (Å²) in [7, 11) is 1.40. The quantitative estimate of drug-likeness (QED) is 0.899. The molecule has 1 aromatic rings. The molecule has 0 unspecified atom stereocenters. The Hall–Kier alpha value is -1.62. The van der Waals surface area contributed by atoms with Crippen molar-refractivity contribution >= 4 is 5.91 Å². The number of ether oxygens (including phenoxy) is 1. The van der Waals surface area contributed by atoms with Gasteiger partial charge in [-0.25, -0.2) is 4.39 Å². The first-order chi connectivity index (χ1) is 9.67. The van der Waals surface area contributed by atoms with E-state index < -0.39 is 5.82 Å². The van der Waals surface area contributed by atoms with E-state index in [1.807, 2.05) is 0 Å². The van der Waals surface area contributed by atoms with E-state index in [1.54, 1.807) is 11.0 Å². The standard InChI is InChI=1S/C15H21FN2O2/c1-20-14-7-6-11(10-13(14)16)15(19)18(9-8-17)12-4-2-3-5-12/h6-7,10,12H,2-5,8-9,17H2,1H3. The van der Waals surface area contributed by atoms with E-state index in [0.717, 1.165) is 25.7 Å². The molecule has 4 nitrogen and oxygen atoms in total. The van der Waals surface area contributed by atoms with E-state index in [9.17, 15) is 9.18 Å². The van der Waals surface area contributed by atoms with Crippen molar-refractivity contribution in [3.8, 4) is 5.75 Å². The highest BCUT2D eigenvalue weighted by Crippen LogP contribution is 2.26. The van der Waals surface area contributed by atoms with E-state index in [0.29, 0.717) is 18.7 Å². The average Bonchev–Trinajstić information content (AvgIpc) is 2.97. The molecule has 0 saturated heterocycles. The Balaban J connectivity index is 2.20. The minimum absolute atomic E-state index is 0.146. The van der Waals surface area contributed by atoms with Gasteiger partial charge in [-0.15, -0.1) is 0 Å². The summed E-state index contributed by atoms with van der Waals surface area (Å²) in [5.74, 6) is -0.519. The molecule has 0 atom stereocenters. The fourth-order valence-electron chi connectivity index (χ4n) is 2.77. The number of methoxy groups -OCH3 is 1. The third-order valence-electron chi connectivity index (χ3n) is 3.80. The molecule has 2 N–H and O–H groups in total. The first kappa shape index (κ1) is 14.8. The molecule has 0 radical (unpaired) electrons. The first-order valence-electron chi connectivity index (χ1n) is 7.02. The van der Waals surface area contributed by atoms with Crippen molar-refractivity contribution in [3.63, 3.8) is 0 Å². The SMILES string of the molecule is COc1ccc(C(=O)N(CCN)C2CCCC2)cc1F. The lowest BCUT2D eigenvalue weighted by Gasteiger charge is -2.28. The van der Waals surface area contributed by atoms with Crippen LogP contribution in [0, 0.1) is 5.82 Å². The Kier molecular flexibility index (Phi) is 4.95. The number of hydrogen-bond acceptors (Lipinski definition) is 3. The van der Waals surface area contributed by atoms with E-state index in [2.05, 4.69) is 0 Å². The molecule has 20 heavy (non-hydrogen) atoms. The van der Waals surface area contributed by atoms with Crippen molar-refractivity contribution in [2.45, 2.75) is 31.7 Å². The van der Waals surface area contributed by atoms with Gasteiger partial charge in [-0.2, -0.15) is 0 Å². The summed E-state index contributed by atoms with van der Waals surface area (Å²) in [5, 5.41) is 0. The topological polar surface area (TPSA) is 55.6 Å². The molecule has 0 spiro atoms. The normalized spacial score (nSPS) is 15.3. The lowest BCUT2D eigenvalue weighted by Crippen LogP contribution is -2.42. The smallest absolute Gasteiger partial charge is 0.254 e. The maximum absolute atomic E-state index is 13.7. The number of hydrogen-bond donors (Lipinski definition) is 1. The second kappa shape index (κ2) is 6.70. The van der Waals surface area contributed by atoms with Crippen molar-refractivity contribution < 1.29 is 13.9 Å². The molecule has 1 aromatic carbocycles. The number of nitrogens with zero attached hydrogens (tertiary/aromatic N) is 1. The van der Waals surface area contributed by atoms with Crippen LogP contribution in [0.4, 0.5) is 4.39 Å². The van der Waals surface area contributed by atoms with Crippen LogP contribution in [0.15, 0.2) is 18.2 Å². The zero-order chi connectivity index (χ0) is 14.5. The molecule has 0 heterocycles. The van der Waals surface area contributed by atoms with Crippen LogP contribution in [0.5, 0.6) is 5.75 Å². The summed E-state index contributed by atoms with van der Waals surface area (Å²) in [5.41, 5.74) is 5.95. The lowest BCUT2D eigenvalue weighted by molar-refractivity contribution is 0.0687.